The van der Waals surface area contributed by atoms with Crippen molar-refractivity contribution in [1.29, 1.82) is 0 Å². The summed E-state index contributed by atoms with van der Waals surface area (Å²) in [6.45, 7) is 2.18. The Bertz CT molecular complexity index is 546. The number of halogens is 2. The average Bonchev–Trinajstić information content (AvgIpc) is 2.68. The van der Waals surface area contributed by atoms with E-state index in [4.69, 9.17) is 11.6 Å². The zero-order chi connectivity index (χ0) is 11.8. The summed E-state index contributed by atoms with van der Waals surface area (Å²) in [5, 5.41) is 3.84. The Balaban J connectivity index is 0.00000120. The van der Waals surface area contributed by atoms with E-state index < -0.39 is 0 Å². The van der Waals surface area contributed by atoms with Gasteiger partial charge >= 0.3 is 0 Å². The van der Waals surface area contributed by atoms with Crippen LogP contribution in [0.1, 0.15) is 24.5 Å². The zero-order valence-electron chi connectivity index (χ0n) is 10.2. The number of aryl methyl sites for hydroxylation is 1. The minimum absolute atomic E-state index is 0. The standard InChI is InChI=1S/C12H15ClN4.ClH/c1-17-10(8-2-4-14-5-3-8)6-9-12(17)16-11(13)7-15-9;/h6-8,14H,2-5H2,1H3;1H. The van der Waals surface area contributed by atoms with Gasteiger partial charge in [0, 0.05) is 18.7 Å². The molecular weight excluding hydrogens is 271 g/mol. The molecule has 0 aromatic carbocycles. The van der Waals surface area contributed by atoms with Crippen molar-refractivity contribution in [2.45, 2.75) is 18.8 Å². The van der Waals surface area contributed by atoms with Crippen molar-refractivity contribution < 1.29 is 0 Å². The molecule has 3 rings (SSSR count). The van der Waals surface area contributed by atoms with Gasteiger partial charge in [0.15, 0.2) is 5.65 Å². The van der Waals surface area contributed by atoms with Gasteiger partial charge in [-0.05, 0) is 32.0 Å². The minimum atomic E-state index is 0. The van der Waals surface area contributed by atoms with Gasteiger partial charge in [0.05, 0.1) is 6.20 Å². The van der Waals surface area contributed by atoms with Crippen molar-refractivity contribution in [3.8, 4) is 0 Å². The van der Waals surface area contributed by atoms with Crippen LogP contribution >= 0.6 is 24.0 Å². The minimum Gasteiger partial charge on any atom is -0.331 e. The number of hydrogen-bond donors (Lipinski definition) is 1. The van der Waals surface area contributed by atoms with Crippen LogP contribution in [0, 0.1) is 0 Å². The first-order valence-electron chi connectivity index (χ1n) is 5.94. The maximum absolute atomic E-state index is 5.89. The lowest BCUT2D eigenvalue weighted by Crippen LogP contribution is -2.27. The molecular formula is C12H16Cl2N4. The first-order valence-corrected chi connectivity index (χ1v) is 6.32. The molecule has 0 amide bonds. The molecule has 1 N–H and O–H groups in total. The Hall–Kier alpha value is -0.840. The van der Waals surface area contributed by atoms with E-state index in [1.54, 1.807) is 6.20 Å². The van der Waals surface area contributed by atoms with Crippen molar-refractivity contribution >= 4 is 35.2 Å². The molecule has 1 fully saturated rings. The van der Waals surface area contributed by atoms with Gasteiger partial charge in [-0.25, -0.2) is 9.97 Å². The highest BCUT2D eigenvalue weighted by atomic mass is 35.5. The fourth-order valence-electron chi connectivity index (χ4n) is 2.59. The number of nitrogens with one attached hydrogen (secondary N) is 1. The predicted octanol–water partition coefficient (Wildman–Crippen LogP) is 2.51. The van der Waals surface area contributed by atoms with Gasteiger partial charge in [0.2, 0.25) is 0 Å². The molecule has 2 aromatic rings. The van der Waals surface area contributed by atoms with E-state index in [9.17, 15) is 0 Å². The summed E-state index contributed by atoms with van der Waals surface area (Å²) in [7, 11) is 2.05. The second kappa shape index (κ2) is 5.43. The summed E-state index contributed by atoms with van der Waals surface area (Å²) in [5.41, 5.74) is 3.14. The molecule has 1 aliphatic heterocycles. The third kappa shape index (κ3) is 2.32. The van der Waals surface area contributed by atoms with Crippen LogP contribution in [0.5, 0.6) is 0 Å². The first-order chi connectivity index (χ1) is 8.25. The Morgan fingerprint density at radius 1 is 1.39 bits per heavy atom. The maximum atomic E-state index is 5.89. The topological polar surface area (TPSA) is 42.7 Å². The largest absolute Gasteiger partial charge is 0.331 e. The third-order valence-electron chi connectivity index (χ3n) is 3.50. The van der Waals surface area contributed by atoms with Crippen LogP contribution in [0.2, 0.25) is 5.15 Å². The summed E-state index contributed by atoms with van der Waals surface area (Å²) in [6.07, 6.45) is 3.96. The second-order valence-corrected chi connectivity index (χ2v) is 4.94. The van der Waals surface area contributed by atoms with E-state index in [1.165, 1.54) is 18.5 Å². The highest BCUT2D eigenvalue weighted by Gasteiger charge is 2.20. The van der Waals surface area contributed by atoms with Crippen molar-refractivity contribution in [1.82, 2.24) is 19.9 Å². The molecule has 0 aliphatic carbocycles. The molecule has 3 heterocycles. The van der Waals surface area contributed by atoms with E-state index in [-0.39, 0.29) is 12.4 Å². The monoisotopic (exact) mass is 286 g/mol. The van der Waals surface area contributed by atoms with Crippen LogP contribution in [0.15, 0.2) is 12.3 Å². The van der Waals surface area contributed by atoms with Crippen molar-refractivity contribution in [2.75, 3.05) is 13.1 Å². The highest BCUT2D eigenvalue weighted by molar-refractivity contribution is 6.29. The van der Waals surface area contributed by atoms with Crippen LogP contribution in [0.25, 0.3) is 11.2 Å². The zero-order valence-corrected chi connectivity index (χ0v) is 11.8. The molecule has 0 saturated carbocycles. The maximum Gasteiger partial charge on any atom is 0.160 e. The Labute approximate surface area is 117 Å². The van der Waals surface area contributed by atoms with Crippen LogP contribution in [0.3, 0.4) is 0 Å². The molecule has 0 bridgehead atoms. The Kier molecular flexibility index (Phi) is 4.10. The number of hydrogen-bond acceptors (Lipinski definition) is 3. The molecule has 4 nitrogen and oxygen atoms in total. The van der Waals surface area contributed by atoms with Crippen molar-refractivity contribution in [3.05, 3.63) is 23.1 Å². The second-order valence-electron chi connectivity index (χ2n) is 4.55. The van der Waals surface area contributed by atoms with E-state index in [1.807, 2.05) is 7.05 Å². The lowest BCUT2D eigenvalue weighted by molar-refractivity contribution is 0.446. The van der Waals surface area contributed by atoms with Crippen molar-refractivity contribution in [3.63, 3.8) is 0 Å². The summed E-state index contributed by atoms with van der Waals surface area (Å²) in [6, 6.07) is 2.15. The van der Waals surface area contributed by atoms with Crippen LogP contribution in [-0.2, 0) is 7.05 Å². The van der Waals surface area contributed by atoms with Gasteiger partial charge in [-0.3, -0.25) is 0 Å². The average molecular weight is 287 g/mol. The lowest BCUT2D eigenvalue weighted by Gasteiger charge is -2.23. The van der Waals surface area contributed by atoms with Crippen molar-refractivity contribution in [2.24, 2.45) is 7.05 Å². The highest BCUT2D eigenvalue weighted by Crippen LogP contribution is 2.28. The molecule has 1 saturated heterocycles. The van der Waals surface area contributed by atoms with Gasteiger partial charge < -0.3 is 9.88 Å². The van der Waals surface area contributed by atoms with Crippen LogP contribution in [0.4, 0.5) is 0 Å². The fourth-order valence-corrected chi connectivity index (χ4v) is 2.71. The molecule has 2 aromatic heterocycles. The van der Waals surface area contributed by atoms with Gasteiger partial charge in [-0.2, -0.15) is 0 Å². The normalized spacial score (nSPS) is 16.8. The number of aromatic nitrogens is 3. The quantitative estimate of drug-likeness (QED) is 0.876. The van der Waals surface area contributed by atoms with E-state index in [0.29, 0.717) is 11.1 Å². The smallest absolute Gasteiger partial charge is 0.160 e. The van der Waals surface area contributed by atoms with Gasteiger partial charge in [0.25, 0.3) is 0 Å². The lowest BCUT2D eigenvalue weighted by atomic mass is 9.95. The number of fused-ring (bicyclic) bond motifs is 1. The van der Waals surface area contributed by atoms with Crippen LogP contribution < -0.4 is 5.32 Å². The molecule has 0 spiro atoms. The third-order valence-corrected chi connectivity index (χ3v) is 3.68. The molecule has 0 radical (unpaired) electrons. The number of piperidine rings is 1. The molecule has 1 aliphatic rings. The molecule has 6 heteroatoms. The summed E-state index contributed by atoms with van der Waals surface area (Å²) < 4.78 is 2.13. The SMILES string of the molecule is Cl.Cn1c(C2CCNCC2)cc2ncc(Cl)nc21. The van der Waals surface area contributed by atoms with Gasteiger partial charge in [-0.15, -0.1) is 12.4 Å². The summed E-state index contributed by atoms with van der Waals surface area (Å²) in [5.74, 6) is 0.607. The number of nitrogens with zero attached hydrogens (tertiary/aromatic N) is 3. The summed E-state index contributed by atoms with van der Waals surface area (Å²) in [4.78, 5) is 8.67. The van der Waals surface area contributed by atoms with E-state index >= 15 is 0 Å². The van der Waals surface area contributed by atoms with Gasteiger partial charge in [-0.1, -0.05) is 11.6 Å². The molecule has 0 atom stereocenters. The number of rotatable bonds is 1. The van der Waals surface area contributed by atoms with E-state index in [0.717, 1.165) is 24.3 Å². The predicted molar refractivity (Wildman–Crippen MR) is 75.6 cm³/mol. The van der Waals surface area contributed by atoms with E-state index in [2.05, 4.69) is 25.9 Å². The Morgan fingerprint density at radius 2 is 2.11 bits per heavy atom. The molecule has 98 valence electrons. The van der Waals surface area contributed by atoms with Gasteiger partial charge in [0.1, 0.15) is 10.7 Å². The summed E-state index contributed by atoms with van der Waals surface area (Å²) >= 11 is 5.89. The first kappa shape index (κ1) is 13.6. The molecule has 18 heavy (non-hydrogen) atoms. The fraction of sp³-hybridized carbons (Fsp3) is 0.500. The van der Waals surface area contributed by atoms with Crippen LogP contribution in [-0.4, -0.2) is 27.6 Å². The molecule has 0 unspecified atom stereocenters. The Morgan fingerprint density at radius 3 is 2.83 bits per heavy atom.